The Bertz CT molecular complexity index is 534. The summed E-state index contributed by atoms with van der Waals surface area (Å²) >= 11 is 0. The number of benzene rings is 2. The molecule has 2 nitrogen and oxygen atoms in total. The zero-order valence-electron chi connectivity index (χ0n) is 10.4. The van der Waals surface area contributed by atoms with Crippen molar-refractivity contribution in [3.63, 3.8) is 0 Å². The second kappa shape index (κ2) is 4.73. The van der Waals surface area contributed by atoms with Gasteiger partial charge in [0.1, 0.15) is 17.6 Å². The molecule has 2 aromatic rings. The van der Waals surface area contributed by atoms with E-state index in [2.05, 4.69) is 24.3 Å². The number of hydrogen-bond donors (Lipinski definition) is 0. The average molecular weight is 240 g/mol. The maximum absolute atomic E-state index is 6.08. The number of hydrogen-bond acceptors (Lipinski definition) is 2. The zero-order valence-corrected chi connectivity index (χ0v) is 10.4. The van der Waals surface area contributed by atoms with Crippen molar-refractivity contribution in [2.75, 3.05) is 7.11 Å². The van der Waals surface area contributed by atoms with Crippen LogP contribution in [-0.2, 0) is 6.42 Å². The molecule has 0 saturated heterocycles. The maximum Gasteiger partial charge on any atom is 0.127 e. The molecule has 0 spiro atoms. The van der Waals surface area contributed by atoms with Gasteiger partial charge in [-0.15, -0.1) is 0 Å². The molecule has 1 aliphatic rings. The average Bonchev–Trinajstić information content (AvgIpc) is 2.47. The van der Waals surface area contributed by atoms with Crippen molar-refractivity contribution < 1.29 is 9.47 Å². The summed E-state index contributed by atoms with van der Waals surface area (Å²) in [5.41, 5.74) is 2.43. The Kier molecular flexibility index (Phi) is 2.93. The highest BCUT2D eigenvalue weighted by molar-refractivity contribution is 5.46. The van der Waals surface area contributed by atoms with E-state index in [-0.39, 0.29) is 6.10 Å². The van der Waals surface area contributed by atoms with Crippen LogP contribution in [0.15, 0.2) is 48.5 Å². The van der Waals surface area contributed by atoms with E-state index < -0.39 is 0 Å². The molecule has 1 aliphatic heterocycles. The van der Waals surface area contributed by atoms with Crippen LogP contribution in [0.1, 0.15) is 23.7 Å². The monoisotopic (exact) mass is 240 g/mol. The molecule has 0 aliphatic carbocycles. The van der Waals surface area contributed by atoms with E-state index in [0.29, 0.717) is 0 Å². The molecular weight excluding hydrogens is 224 g/mol. The molecular formula is C16H16O2. The Morgan fingerprint density at radius 3 is 2.67 bits per heavy atom. The van der Waals surface area contributed by atoms with Crippen molar-refractivity contribution in [2.24, 2.45) is 0 Å². The predicted octanol–water partition coefficient (Wildman–Crippen LogP) is 3.76. The molecule has 0 saturated carbocycles. The minimum Gasteiger partial charge on any atom is -0.496 e. The number of methoxy groups -OCH3 is 1. The fourth-order valence-corrected chi connectivity index (χ4v) is 2.48. The molecule has 92 valence electrons. The van der Waals surface area contributed by atoms with Gasteiger partial charge in [-0.05, 0) is 30.5 Å². The second-order valence-electron chi connectivity index (χ2n) is 4.49. The molecule has 0 N–H and O–H groups in total. The highest BCUT2D eigenvalue weighted by Crippen LogP contribution is 2.39. The summed E-state index contributed by atoms with van der Waals surface area (Å²) in [6.07, 6.45) is 2.15. The molecule has 0 radical (unpaired) electrons. The SMILES string of the molecule is COc1cccc2c1CC[C@@H](c1ccccc1)O2. The summed E-state index contributed by atoms with van der Waals surface area (Å²) in [6.45, 7) is 0. The van der Waals surface area contributed by atoms with Crippen LogP contribution in [0.4, 0.5) is 0 Å². The quantitative estimate of drug-likeness (QED) is 0.795. The summed E-state index contributed by atoms with van der Waals surface area (Å²) in [4.78, 5) is 0. The van der Waals surface area contributed by atoms with Crippen LogP contribution in [0.2, 0.25) is 0 Å². The Morgan fingerprint density at radius 1 is 1.06 bits per heavy atom. The molecule has 2 aromatic carbocycles. The first-order valence-corrected chi connectivity index (χ1v) is 6.26. The molecule has 0 unspecified atom stereocenters. The van der Waals surface area contributed by atoms with Crippen molar-refractivity contribution >= 4 is 0 Å². The first-order valence-electron chi connectivity index (χ1n) is 6.26. The van der Waals surface area contributed by atoms with Crippen molar-refractivity contribution in [1.29, 1.82) is 0 Å². The van der Waals surface area contributed by atoms with Crippen LogP contribution in [0.25, 0.3) is 0 Å². The lowest BCUT2D eigenvalue weighted by atomic mass is 9.97. The van der Waals surface area contributed by atoms with Crippen molar-refractivity contribution in [3.05, 3.63) is 59.7 Å². The lowest BCUT2D eigenvalue weighted by Crippen LogP contribution is -2.15. The summed E-state index contributed by atoms with van der Waals surface area (Å²) in [7, 11) is 1.71. The van der Waals surface area contributed by atoms with Gasteiger partial charge < -0.3 is 9.47 Å². The third-order valence-electron chi connectivity index (χ3n) is 3.41. The normalized spacial score (nSPS) is 17.7. The van der Waals surface area contributed by atoms with Crippen molar-refractivity contribution in [1.82, 2.24) is 0 Å². The van der Waals surface area contributed by atoms with Gasteiger partial charge in [0.25, 0.3) is 0 Å². The highest BCUT2D eigenvalue weighted by Gasteiger charge is 2.23. The zero-order chi connectivity index (χ0) is 12.4. The van der Waals surface area contributed by atoms with Crippen LogP contribution in [0.5, 0.6) is 11.5 Å². The molecule has 1 heterocycles. The molecule has 18 heavy (non-hydrogen) atoms. The number of rotatable bonds is 2. The summed E-state index contributed by atoms with van der Waals surface area (Å²) in [5, 5.41) is 0. The van der Waals surface area contributed by atoms with Crippen LogP contribution >= 0.6 is 0 Å². The Hall–Kier alpha value is -1.96. The lowest BCUT2D eigenvalue weighted by molar-refractivity contribution is 0.174. The van der Waals surface area contributed by atoms with Gasteiger partial charge in [0.15, 0.2) is 0 Å². The molecule has 0 bridgehead atoms. The third kappa shape index (κ3) is 1.94. The maximum atomic E-state index is 6.08. The molecule has 2 heteroatoms. The lowest BCUT2D eigenvalue weighted by Gasteiger charge is -2.27. The fourth-order valence-electron chi connectivity index (χ4n) is 2.48. The largest absolute Gasteiger partial charge is 0.496 e. The predicted molar refractivity (Wildman–Crippen MR) is 71.1 cm³/mol. The standard InChI is InChI=1S/C16H16O2/c1-17-15-8-5-9-16-13(15)10-11-14(18-16)12-6-3-2-4-7-12/h2-9,14H,10-11H2,1H3/t14-/m0/s1. The molecule has 1 atom stereocenters. The van der Waals surface area contributed by atoms with Gasteiger partial charge in [-0.3, -0.25) is 0 Å². The Labute approximate surface area is 107 Å². The highest BCUT2D eigenvalue weighted by atomic mass is 16.5. The van der Waals surface area contributed by atoms with Gasteiger partial charge in [0.2, 0.25) is 0 Å². The second-order valence-corrected chi connectivity index (χ2v) is 4.49. The van der Waals surface area contributed by atoms with E-state index in [4.69, 9.17) is 9.47 Å². The smallest absolute Gasteiger partial charge is 0.127 e. The van der Waals surface area contributed by atoms with Gasteiger partial charge in [-0.2, -0.15) is 0 Å². The van der Waals surface area contributed by atoms with Gasteiger partial charge in [0.05, 0.1) is 7.11 Å². The van der Waals surface area contributed by atoms with Gasteiger partial charge >= 0.3 is 0 Å². The summed E-state index contributed by atoms with van der Waals surface area (Å²) in [6, 6.07) is 16.4. The van der Waals surface area contributed by atoms with Crippen LogP contribution in [-0.4, -0.2) is 7.11 Å². The van der Waals surface area contributed by atoms with E-state index >= 15 is 0 Å². The van der Waals surface area contributed by atoms with E-state index in [0.717, 1.165) is 24.3 Å². The van der Waals surface area contributed by atoms with Crippen molar-refractivity contribution in [3.8, 4) is 11.5 Å². The number of fused-ring (bicyclic) bond motifs is 1. The van der Waals surface area contributed by atoms with Crippen LogP contribution in [0, 0.1) is 0 Å². The van der Waals surface area contributed by atoms with Crippen LogP contribution in [0.3, 0.4) is 0 Å². The van der Waals surface area contributed by atoms with Gasteiger partial charge in [-0.25, -0.2) is 0 Å². The van der Waals surface area contributed by atoms with Gasteiger partial charge in [-0.1, -0.05) is 36.4 Å². The molecule has 0 aromatic heterocycles. The van der Waals surface area contributed by atoms with E-state index in [1.807, 2.05) is 24.3 Å². The first kappa shape index (κ1) is 11.1. The minimum atomic E-state index is 0.158. The summed E-state index contributed by atoms with van der Waals surface area (Å²) in [5.74, 6) is 1.88. The summed E-state index contributed by atoms with van der Waals surface area (Å²) < 4.78 is 11.5. The van der Waals surface area contributed by atoms with E-state index in [9.17, 15) is 0 Å². The Morgan fingerprint density at radius 2 is 1.89 bits per heavy atom. The molecule has 0 amide bonds. The van der Waals surface area contributed by atoms with Crippen molar-refractivity contribution in [2.45, 2.75) is 18.9 Å². The topological polar surface area (TPSA) is 18.5 Å². The minimum absolute atomic E-state index is 0.158. The van der Waals surface area contributed by atoms with Crippen LogP contribution < -0.4 is 9.47 Å². The molecule has 3 rings (SSSR count). The third-order valence-corrected chi connectivity index (χ3v) is 3.41. The fraction of sp³-hybridized carbons (Fsp3) is 0.250. The van der Waals surface area contributed by atoms with E-state index in [1.165, 1.54) is 11.1 Å². The van der Waals surface area contributed by atoms with Gasteiger partial charge in [0, 0.05) is 5.56 Å². The van der Waals surface area contributed by atoms with E-state index in [1.54, 1.807) is 7.11 Å². The number of ether oxygens (including phenoxy) is 2. The molecule has 0 fully saturated rings. The Balaban J connectivity index is 1.90. The first-order chi connectivity index (χ1) is 8.88.